The third-order valence-electron chi connectivity index (χ3n) is 7.89. The Labute approximate surface area is 243 Å². The van der Waals surface area contributed by atoms with Crippen molar-refractivity contribution in [3.05, 3.63) is 47.8 Å². The molecular weight excluding hydrogens is 571 g/mol. The largest absolute Gasteiger partial charge is 0.444 e. The Hall–Kier alpha value is -3.68. The molecule has 3 fully saturated rings. The summed E-state index contributed by atoms with van der Waals surface area (Å²) in [7, 11) is -3.87. The highest BCUT2D eigenvalue weighted by Gasteiger charge is 2.62. The molecule has 228 valence electrons. The quantitative estimate of drug-likeness (QED) is 0.449. The smallest absolute Gasteiger partial charge is 0.411 e. The van der Waals surface area contributed by atoms with Crippen LogP contribution in [0.1, 0.15) is 57.6 Å². The van der Waals surface area contributed by atoms with Crippen molar-refractivity contribution in [2.45, 2.75) is 88.1 Å². The highest BCUT2D eigenvalue weighted by molar-refractivity contribution is 7.91. The fourth-order valence-corrected chi connectivity index (χ4v) is 6.76. The predicted molar refractivity (Wildman–Crippen MR) is 147 cm³/mol. The van der Waals surface area contributed by atoms with Crippen LogP contribution in [-0.2, 0) is 42.2 Å². The van der Waals surface area contributed by atoms with E-state index in [1.54, 1.807) is 32.9 Å². The topological polar surface area (TPSA) is 151 Å². The maximum absolute atomic E-state index is 14.2. The summed E-state index contributed by atoms with van der Waals surface area (Å²) in [5.41, 5.74) is -1.36. The Balaban J connectivity index is 1.30. The molecule has 1 saturated heterocycles. The molecule has 2 saturated carbocycles. The van der Waals surface area contributed by atoms with Gasteiger partial charge in [-0.05, 0) is 51.7 Å². The first-order chi connectivity index (χ1) is 19.6. The van der Waals surface area contributed by atoms with Crippen LogP contribution in [0.3, 0.4) is 0 Å². The number of ether oxygens (including phenoxy) is 2. The summed E-state index contributed by atoms with van der Waals surface area (Å²) in [4.78, 5) is 55.3. The van der Waals surface area contributed by atoms with Crippen LogP contribution in [0, 0.1) is 11.7 Å². The molecule has 14 heteroatoms. The minimum atomic E-state index is -3.87. The van der Waals surface area contributed by atoms with Gasteiger partial charge in [0, 0.05) is 24.4 Å². The first-order valence-electron chi connectivity index (χ1n) is 13.9. The summed E-state index contributed by atoms with van der Waals surface area (Å²) in [6.07, 6.45) is -0.0229. The maximum atomic E-state index is 14.2. The number of hydrogen-bond donors (Lipinski definition) is 2. The monoisotopic (exact) mass is 606 g/mol. The molecule has 2 aliphatic carbocycles. The number of sulfonamides is 1. The van der Waals surface area contributed by atoms with Crippen LogP contribution >= 0.6 is 0 Å². The molecule has 2 N–H and O–H groups in total. The average molecular weight is 607 g/mol. The predicted octanol–water partition coefficient (Wildman–Crippen LogP) is 2.33. The number of carbonyl (C=O) groups excluding carboxylic acids is 4. The van der Waals surface area contributed by atoms with Crippen molar-refractivity contribution in [3.8, 4) is 0 Å². The van der Waals surface area contributed by atoms with Crippen molar-refractivity contribution in [1.29, 1.82) is 0 Å². The second-order valence-corrected chi connectivity index (χ2v) is 14.3. The van der Waals surface area contributed by atoms with Crippen molar-refractivity contribution >= 4 is 34.0 Å². The van der Waals surface area contributed by atoms with Gasteiger partial charge in [-0.25, -0.2) is 22.4 Å². The van der Waals surface area contributed by atoms with E-state index in [0.717, 1.165) is 4.90 Å². The van der Waals surface area contributed by atoms with Gasteiger partial charge in [-0.2, -0.15) is 0 Å². The number of hydrogen-bond acceptors (Lipinski definition) is 8. The molecule has 2 aliphatic heterocycles. The van der Waals surface area contributed by atoms with E-state index in [-0.39, 0.29) is 32.5 Å². The SMILES string of the molecule is C=C[C@@H]1C[C@]1(NC(=O)C1C[C@@H](OC(=O)N2Cc3cccc(F)c3C2)CN1C(=O)OC(C)(C)C)C(=O)NS(=O)(=O)C1CC1. The normalized spacial score (nSPS) is 26.7. The second kappa shape index (κ2) is 10.5. The van der Waals surface area contributed by atoms with Crippen LogP contribution in [0.15, 0.2) is 30.9 Å². The van der Waals surface area contributed by atoms with Gasteiger partial charge >= 0.3 is 12.2 Å². The van der Waals surface area contributed by atoms with Crippen molar-refractivity contribution in [1.82, 2.24) is 19.8 Å². The molecule has 12 nitrogen and oxygen atoms in total. The minimum Gasteiger partial charge on any atom is -0.444 e. The van der Waals surface area contributed by atoms with Gasteiger partial charge in [0.2, 0.25) is 15.9 Å². The summed E-state index contributed by atoms with van der Waals surface area (Å²) in [5, 5.41) is 2.02. The molecular formula is C28H35FN4O8S. The lowest BCUT2D eigenvalue weighted by atomic mass is 10.1. The van der Waals surface area contributed by atoms with E-state index in [1.165, 1.54) is 17.0 Å². The van der Waals surface area contributed by atoms with E-state index in [9.17, 15) is 32.0 Å². The Kier molecular flexibility index (Phi) is 7.48. The van der Waals surface area contributed by atoms with E-state index in [1.807, 2.05) is 0 Å². The fourth-order valence-electron chi connectivity index (χ4n) is 5.40. The molecule has 0 bridgehead atoms. The number of likely N-dealkylation sites (tertiary alicyclic amines) is 1. The Morgan fingerprint density at radius 2 is 1.86 bits per heavy atom. The standard InChI is InChI=1S/C28H35FN4O8S/c1-5-17-12-28(17,24(35)31-42(38,39)19-9-10-19)30-23(34)22-11-18(14-33(22)26(37)41-27(2,3)4)40-25(36)32-13-16-7-6-8-21(29)20(16)15-32/h5-8,17-19,22H,1,9-15H2,2-4H3,(H,30,34)(H,31,35)/t17-,18-,22?,28-/m1/s1. The number of nitrogens with one attached hydrogen (secondary N) is 2. The van der Waals surface area contributed by atoms with Crippen LogP contribution in [0.25, 0.3) is 0 Å². The number of amides is 4. The number of benzene rings is 1. The van der Waals surface area contributed by atoms with Crippen LogP contribution in [0.4, 0.5) is 14.0 Å². The zero-order valence-corrected chi connectivity index (χ0v) is 24.5. The minimum absolute atomic E-state index is 0.0254. The van der Waals surface area contributed by atoms with Gasteiger partial charge in [0.15, 0.2) is 0 Å². The Morgan fingerprint density at radius 1 is 1.14 bits per heavy atom. The molecule has 0 spiro atoms. The van der Waals surface area contributed by atoms with E-state index < -0.39 is 74.3 Å². The fraction of sp³-hybridized carbons (Fsp3) is 0.571. The summed E-state index contributed by atoms with van der Waals surface area (Å²) in [5.74, 6) is -2.52. The molecule has 4 aliphatic rings. The molecule has 42 heavy (non-hydrogen) atoms. The van der Waals surface area contributed by atoms with Gasteiger partial charge in [-0.15, -0.1) is 6.58 Å². The van der Waals surface area contributed by atoms with Gasteiger partial charge in [-0.3, -0.25) is 24.1 Å². The number of nitrogens with zero attached hydrogens (tertiary/aromatic N) is 2. The van der Waals surface area contributed by atoms with Crippen LogP contribution < -0.4 is 10.0 Å². The zero-order chi connectivity index (χ0) is 30.6. The summed E-state index contributed by atoms with van der Waals surface area (Å²) in [6, 6.07) is 3.43. The van der Waals surface area contributed by atoms with Crippen LogP contribution in [0.5, 0.6) is 0 Å². The third-order valence-corrected chi connectivity index (χ3v) is 9.71. The molecule has 4 amide bonds. The number of carbonyl (C=O) groups is 4. The molecule has 2 heterocycles. The zero-order valence-electron chi connectivity index (χ0n) is 23.7. The molecule has 1 aromatic carbocycles. The molecule has 4 atom stereocenters. The number of rotatable bonds is 7. The van der Waals surface area contributed by atoms with Crippen LogP contribution in [0.2, 0.25) is 0 Å². The van der Waals surface area contributed by atoms with Crippen molar-refractivity contribution in [2.24, 2.45) is 5.92 Å². The van der Waals surface area contributed by atoms with E-state index in [0.29, 0.717) is 24.0 Å². The summed E-state index contributed by atoms with van der Waals surface area (Å²) >= 11 is 0. The lowest BCUT2D eigenvalue weighted by molar-refractivity contribution is -0.131. The number of halogens is 1. The van der Waals surface area contributed by atoms with Crippen molar-refractivity contribution in [2.75, 3.05) is 6.54 Å². The molecule has 5 rings (SSSR count). The third kappa shape index (κ3) is 5.94. The number of fused-ring (bicyclic) bond motifs is 1. The van der Waals surface area contributed by atoms with Gasteiger partial charge in [0.25, 0.3) is 5.91 Å². The van der Waals surface area contributed by atoms with E-state index >= 15 is 0 Å². The van der Waals surface area contributed by atoms with Crippen molar-refractivity contribution in [3.63, 3.8) is 0 Å². The van der Waals surface area contributed by atoms with Gasteiger partial charge in [-0.1, -0.05) is 18.2 Å². The Morgan fingerprint density at radius 3 is 2.45 bits per heavy atom. The second-order valence-electron chi connectivity index (χ2n) is 12.3. The van der Waals surface area contributed by atoms with Gasteiger partial charge in [0.1, 0.15) is 29.1 Å². The van der Waals surface area contributed by atoms with Crippen LogP contribution in [-0.4, -0.2) is 77.3 Å². The highest BCUT2D eigenvalue weighted by atomic mass is 32.2. The van der Waals surface area contributed by atoms with Gasteiger partial charge in [0.05, 0.1) is 18.3 Å². The first kappa shape index (κ1) is 29.8. The first-order valence-corrected chi connectivity index (χ1v) is 15.4. The molecule has 0 radical (unpaired) electrons. The summed E-state index contributed by atoms with van der Waals surface area (Å²) < 4.78 is 52.2. The Bertz CT molecular complexity index is 1440. The van der Waals surface area contributed by atoms with E-state index in [4.69, 9.17) is 9.47 Å². The lowest BCUT2D eigenvalue weighted by Gasteiger charge is -2.29. The molecule has 0 aromatic heterocycles. The molecule has 1 aromatic rings. The summed E-state index contributed by atoms with van der Waals surface area (Å²) in [6.45, 7) is 8.70. The lowest BCUT2D eigenvalue weighted by Crippen LogP contribution is -2.56. The van der Waals surface area contributed by atoms with E-state index in [2.05, 4.69) is 16.6 Å². The molecule has 1 unspecified atom stereocenters. The maximum Gasteiger partial charge on any atom is 0.411 e. The average Bonchev–Trinajstić information content (AvgIpc) is 3.78. The van der Waals surface area contributed by atoms with Crippen molar-refractivity contribution < 1.29 is 41.5 Å². The highest BCUT2D eigenvalue weighted by Crippen LogP contribution is 2.45. The van der Waals surface area contributed by atoms with Gasteiger partial charge < -0.3 is 14.8 Å².